The number of rotatable bonds is 0. The molecule has 5 nitrogen and oxygen atoms in total. The molecule has 0 aliphatic carbocycles. The molecule has 1 N–H and O–H groups in total. The van der Waals surface area contributed by atoms with E-state index in [4.69, 9.17) is 14.2 Å². The molecule has 0 aromatic rings. The van der Waals surface area contributed by atoms with Crippen molar-refractivity contribution < 1.29 is 14.2 Å². The predicted octanol–water partition coefficient (Wildman–Crippen LogP) is 0.988. The van der Waals surface area contributed by atoms with Crippen molar-refractivity contribution in [3.8, 4) is 0 Å². The van der Waals surface area contributed by atoms with Gasteiger partial charge in [0.15, 0.2) is 0 Å². The smallest absolute Gasteiger partial charge is 0.0701 e. The summed E-state index contributed by atoms with van der Waals surface area (Å²) in [6.07, 6.45) is 2.32. The molecule has 1 rings (SSSR count). The zero-order chi connectivity index (χ0) is 14.5. The average molecular weight is 288 g/mol. The Morgan fingerprint density at radius 3 is 2.20 bits per heavy atom. The second-order valence-corrected chi connectivity index (χ2v) is 5.57. The number of hydrogen-bond acceptors (Lipinski definition) is 5. The molecular formula is C15H32N2O3. The summed E-state index contributed by atoms with van der Waals surface area (Å²) in [4.78, 5) is 2.24. The molecule has 120 valence electrons. The highest BCUT2D eigenvalue weighted by atomic mass is 16.5. The molecule has 1 unspecified atom stereocenters. The van der Waals surface area contributed by atoms with Crippen LogP contribution in [0.4, 0.5) is 0 Å². The van der Waals surface area contributed by atoms with Gasteiger partial charge in [-0.05, 0) is 32.4 Å². The molecule has 0 amide bonds. The second-order valence-electron chi connectivity index (χ2n) is 5.57. The van der Waals surface area contributed by atoms with Crippen molar-refractivity contribution in [1.29, 1.82) is 0 Å². The molecule has 1 saturated heterocycles. The molecule has 0 aromatic carbocycles. The molecule has 1 heterocycles. The molecule has 0 aromatic heterocycles. The van der Waals surface area contributed by atoms with E-state index in [0.717, 1.165) is 59.0 Å². The van der Waals surface area contributed by atoms with Crippen LogP contribution in [-0.2, 0) is 14.2 Å². The lowest BCUT2D eigenvalue weighted by atomic mass is 10.0. The normalized spacial score (nSPS) is 27.6. The van der Waals surface area contributed by atoms with Crippen molar-refractivity contribution in [1.82, 2.24) is 10.2 Å². The summed E-state index contributed by atoms with van der Waals surface area (Å²) in [5, 5.41) is 3.43. The molecule has 0 saturated carbocycles. The summed E-state index contributed by atoms with van der Waals surface area (Å²) in [5.41, 5.74) is 0. The van der Waals surface area contributed by atoms with E-state index in [-0.39, 0.29) is 0 Å². The Morgan fingerprint density at radius 2 is 1.45 bits per heavy atom. The fourth-order valence-corrected chi connectivity index (χ4v) is 2.02. The maximum absolute atomic E-state index is 5.61. The lowest BCUT2D eigenvalue weighted by Crippen LogP contribution is -2.29. The summed E-state index contributed by atoms with van der Waals surface area (Å²) in [6, 6.07) is 0. The van der Waals surface area contributed by atoms with E-state index in [1.54, 1.807) is 0 Å². The van der Waals surface area contributed by atoms with E-state index in [0.29, 0.717) is 19.1 Å². The third-order valence-electron chi connectivity index (χ3n) is 3.60. The fourth-order valence-electron chi connectivity index (χ4n) is 2.02. The maximum atomic E-state index is 5.61. The Hall–Kier alpha value is -0.200. The Balaban J connectivity index is 2.16. The monoisotopic (exact) mass is 288 g/mol. The molecule has 0 radical (unpaired) electrons. The molecule has 20 heavy (non-hydrogen) atoms. The van der Waals surface area contributed by atoms with E-state index >= 15 is 0 Å². The van der Waals surface area contributed by atoms with E-state index < -0.39 is 0 Å². The van der Waals surface area contributed by atoms with Crippen LogP contribution in [0.25, 0.3) is 0 Å². The van der Waals surface area contributed by atoms with E-state index in [2.05, 4.69) is 24.2 Å². The molecule has 1 fully saturated rings. The van der Waals surface area contributed by atoms with Crippen molar-refractivity contribution in [3.05, 3.63) is 0 Å². The van der Waals surface area contributed by atoms with Crippen LogP contribution in [0.1, 0.15) is 19.8 Å². The van der Waals surface area contributed by atoms with E-state index in [1.807, 2.05) is 0 Å². The lowest BCUT2D eigenvalue weighted by molar-refractivity contribution is 0.0331. The number of hydrogen-bond donors (Lipinski definition) is 1. The van der Waals surface area contributed by atoms with Crippen LogP contribution < -0.4 is 5.32 Å². The van der Waals surface area contributed by atoms with Gasteiger partial charge < -0.3 is 24.4 Å². The van der Waals surface area contributed by atoms with Gasteiger partial charge in [0.25, 0.3) is 0 Å². The Labute approximate surface area is 123 Å². The minimum absolute atomic E-state index is 0.695. The summed E-state index contributed by atoms with van der Waals surface area (Å²) >= 11 is 0. The van der Waals surface area contributed by atoms with Gasteiger partial charge in [-0.15, -0.1) is 0 Å². The minimum Gasteiger partial charge on any atom is -0.379 e. The van der Waals surface area contributed by atoms with Crippen LogP contribution in [0, 0.1) is 5.92 Å². The van der Waals surface area contributed by atoms with Crippen LogP contribution >= 0.6 is 0 Å². The summed E-state index contributed by atoms with van der Waals surface area (Å²) in [7, 11) is 2.10. The van der Waals surface area contributed by atoms with E-state index in [1.165, 1.54) is 6.42 Å². The fraction of sp³-hybridized carbons (Fsp3) is 1.00. The highest BCUT2D eigenvalue weighted by molar-refractivity contribution is 4.56. The number of ether oxygens (including phenoxy) is 3. The number of likely N-dealkylation sites (N-methyl/N-ethyl adjacent to an activating group) is 1. The first kappa shape index (κ1) is 17.9. The van der Waals surface area contributed by atoms with Gasteiger partial charge in [-0.3, -0.25) is 0 Å². The van der Waals surface area contributed by atoms with Crippen LogP contribution in [0.2, 0.25) is 0 Å². The van der Waals surface area contributed by atoms with Crippen LogP contribution in [0.15, 0.2) is 0 Å². The Kier molecular flexibility index (Phi) is 11.2. The summed E-state index contributed by atoms with van der Waals surface area (Å²) in [6.45, 7) is 10.8. The van der Waals surface area contributed by atoms with Gasteiger partial charge in [0, 0.05) is 26.2 Å². The van der Waals surface area contributed by atoms with E-state index in [9.17, 15) is 0 Å². The highest BCUT2D eigenvalue weighted by Gasteiger charge is 2.03. The molecule has 0 bridgehead atoms. The molecule has 1 aliphatic rings. The van der Waals surface area contributed by atoms with Crippen LogP contribution in [-0.4, -0.2) is 77.8 Å². The van der Waals surface area contributed by atoms with Gasteiger partial charge in [-0.25, -0.2) is 0 Å². The molecule has 1 atom stereocenters. The highest BCUT2D eigenvalue weighted by Crippen LogP contribution is 2.06. The molecule has 5 heteroatoms. The first-order chi connectivity index (χ1) is 9.79. The van der Waals surface area contributed by atoms with Gasteiger partial charge in [-0.1, -0.05) is 6.92 Å². The molecule has 0 spiro atoms. The summed E-state index contributed by atoms with van der Waals surface area (Å²) in [5.74, 6) is 0.705. The summed E-state index contributed by atoms with van der Waals surface area (Å²) < 4.78 is 16.8. The maximum Gasteiger partial charge on any atom is 0.0701 e. The SMILES string of the molecule is CC1CCNCCOCCN(C)CCOCCOCC1. The quantitative estimate of drug-likeness (QED) is 0.720. The average Bonchev–Trinajstić information content (AvgIpc) is 2.43. The van der Waals surface area contributed by atoms with Gasteiger partial charge in [0.2, 0.25) is 0 Å². The number of nitrogens with zero attached hydrogens (tertiary/aromatic N) is 1. The molecule has 1 aliphatic heterocycles. The van der Waals surface area contributed by atoms with Crippen molar-refractivity contribution in [2.75, 3.05) is 72.9 Å². The third-order valence-corrected chi connectivity index (χ3v) is 3.60. The van der Waals surface area contributed by atoms with Crippen molar-refractivity contribution >= 4 is 0 Å². The van der Waals surface area contributed by atoms with Gasteiger partial charge in [-0.2, -0.15) is 0 Å². The topological polar surface area (TPSA) is 43.0 Å². The van der Waals surface area contributed by atoms with Crippen molar-refractivity contribution in [3.63, 3.8) is 0 Å². The zero-order valence-electron chi connectivity index (χ0n) is 13.2. The Bertz CT molecular complexity index is 175. The van der Waals surface area contributed by atoms with Gasteiger partial charge in [0.05, 0.1) is 33.0 Å². The number of nitrogens with one attached hydrogen (secondary N) is 1. The van der Waals surface area contributed by atoms with Crippen LogP contribution in [0.5, 0.6) is 0 Å². The van der Waals surface area contributed by atoms with Gasteiger partial charge in [0.1, 0.15) is 0 Å². The molecular weight excluding hydrogens is 256 g/mol. The van der Waals surface area contributed by atoms with Crippen molar-refractivity contribution in [2.45, 2.75) is 19.8 Å². The first-order valence-electron chi connectivity index (χ1n) is 7.91. The Morgan fingerprint density at radius 1 is 0.800 bits per heavy atom. The lowest BCUT2D eigenvalue weighted by Gasteiger charge is -2.17. The largest absolute Gasteiger partial charge is 0.379 e. The van der Waals surface area contributed by atoms with Gasteiger partial charge >= 0.3 is 0 Å². The predicted molar refractivity (Wildman–Crippen MR) is 81.2 cm³/mol. The van der Waals surface area contributed by atoms with Crippen LogP contribution in [0.3, 0.4) is 0 Å². The standard InChI is InChI=1S/C15H32N2O3/c1-15-3-5-16-6-10-19-11-7-17(2)8-12-20-14-13-18-9-4-15/h15-16H,3-14H2,1-2H3. The third kappa shape index (κ3) is 10.6. The minimum atomic E-state index is 0.695. The zero-order valence-corrected chi connectivity index (χ0v) is 13.2. The first-order valence-corrected chi connectivity index (χ1v) is 7.91. The van der Waals surface area contributed by atoms with Crippen molar-refractivity contribution in [2.24, 2.45) is 5.92 Å². The second kappa shape index (κ2) is 12.5.